The van der Waals surface area contributed by atoms with E-state index in [0.29, 0.717) is 30.4 Å². The standard InChI is InChI=1S/C14H21ClF2N2O2/c1-21-8-5-18-9-11-12(15)3-2-4-13(11)19(6-7-20)10-14(16)17/h2-4,14,18,20H,5-10H2,1H3. The fourth-order valence-corrected chi connectivity index (χ4v) is 2.24. The zero-order valence-electron chi connectivity index (χ0n) is 12.0. The van der Waals surface area contributed by atoms with Gasteiger partial charge in [0.2, 0.25) is 0 Å². The molecule has 1 aromatic carbocycles. The van der Waals surface area contributed by atoms with Crippen LogP contribution in [0.25, 0.3) is 0 Å². The normalized spacial score (nSPS) is 11.1. The largest absolute Gasteiger partial charge is 0.395 e. The number of benzene rings is 1. The van der Waals surface area contributed by atoms with Crippen LogP contribution in [0.1, 0.15) is 5.56 Å². The predicted molar refractivity (Wildman–Crippen MR) is 80.3 cm³/mol. The summed E-state index contributed by atoms with van der Waals surface area (Å²) in [6.45, 7) is 1.13. The number of anilines is 1. The number of aliphatic hydroxyl groups excluding tert-OH is 1. The summed E-state index contributed by atoms with van der Waals surface area (Å²) in [4.78, 5) is 1.45. The molecule has 21 heavy (non-hydrogen) atoms. The second kappa shape index (κ2) is 9.89. The molecule has 0 radical (unpaired) electrons. The van der Waals surface area contributed by atoms with Gasteiger partial charge in [0.1, 0.15) is 0 Å². The topological polar surface area (TPSA) is 44.7 Å². The molecule has 0 fully saturated rings. The number of nitrogens with one attached hydrogen (secondary N) is 1. The number of nitrogens with zero attached hydrogens (tertiary/aromatic N) is 1. The highest BCUT2D eigenvalue weighted by molar-refractivity contribution is 6.31. The van der Waals surface area contributed by atoms with Gasteiger partial charge in [-0.15, -0.1) is 0 Å². The Hall–Kier alpha value is -0.950. The number of methoxy groups -OCH3 is 1. The highest BCUT2D eigenvalue weighted by atomic mass is 35.5. The minimum absolute atomic E-state index is 0.135. The van der Waals surface area contributed by atoms with Gasteiger partial charge < -0.3 is 20.1 Å². The maximum absolute atomic E-state index is 12.7. The zero-order chi connectivity index (χ0) is 15.7. The van der Waals surface area contributed by atoms with Crippen LogP contribution in [0.3, 0.4) is 0 Å². The highest BCUT2D eigenvalue weighted by Gasteiger charge is 2.17. The molecule has 0 atom stereocenters. The van der Waals surface area contributed by atoms with Crippen molar-refractivity contribution in [3.05, 3.63) is 28.8 Å². The molecule has 7 heteroatoms. The molecule has 0 bridgehead atoms. The lowest BCUT2D eigenvalue weighted by atomic mass is 10.1. The molecule has 0 saturated carbocycles. The third kappa shape index (κ3) is 6.13. The van der Waals surface area contributed by atoms with Crippen molar-refractivity contribution in [3.8, 4) is 0 Å². The molecular formula is C14H21ClF2N2O2. The van der Waals surface area contributed by atoms with Gasteiger partial charge in [0.15, 0.2) is 0 Å². The van der Waals surface area contributed by atoms with Crippen LogP contribution in [-0.4, -0.2) is 51.5 Å². The maximum Gasteiger partial charge on any atom is 0.255 e. The quantitative estimate of drug-likeness (QED) is 0.648. The van der Waals surface area contributed by atoms with Gasteiger partial charge in [0, 0.05) is 43.0 Å². The van der Waals surface area contributed by atoms with Crippen molar-refractivity contribution < 1.29 is 18.6 Å². The van der Waals surface area contributed by atoms with Crippen LogP contribution in [0.4, 0.5) is 14.5 Å². The number of aliphatic hydroxyl groups is 1. The molecule has 0 unspecified atom stereocenters. The Morgan fingerprint density at radius 2 is 2.19 bits per heavy atom. The summed E-state index contributed by atoms with van der Waals surface area (Å²) in [6.07, 6.45) is -2.48. The van der Waals surface area contributed by atoms with Crippen LogP contribution in [0.2, 0.25) is 5.02 Å². The van der Waals surface area contributed by atoms with E-state index in [0.717, 1.165) is 5.56 Å². The number of hydrogen-bond acceptors (Lipinski definition) is 4. The lowest BCUT2D eigenvalue weighted by Crippen LogP contribution is -2.33. The van der Waals surface area contributed by atoms with E-state index in [4.69, 9.17) is 21.4 Å². The summed E-state index contributed by atoms with van der Waals surface area (Å²) in [7, 11) is 1.61. The molecule has 0 amide bonds. The van der Waals surface area contributed by atoms with Crippen molar-refractivity contribution in [2.45, 2.75) is 13.0 Å². The van der Waals surface area contributed by atoms with Crippen molar-refractivity contribution in [2.75, 3.05) is 44.9 Å². The number of halogens is 3. The molecule has 0 spiro atoms. The van der Waals surface area contributed by atoms with Gasteiger partial charge >= 0.3 is 0 Å². The lowest BCUT2D eigenvalue weighted by molar-refractivity contribution is 0.152. The average Bonchev–Trinajstić information content (AvgIpc) is 2.44. The van der Waals surface area contributed by atoms with E-state index in [-0.39, 0.29) is 13.2 Å². The first kappa shape index (κ1) is 18.1. The molecule has 120 valence electrons. The predicted octanol–water partition coefficient (Wildman–Crippen LogP) is 2.14. The van der Waals surface area contributed by atoms with Crippen LogP contribution in [-0.2, 0) is 11.3 Å². The van der Waals surface area contributed by atoms with Crippen LogP contribution >= 0.6 is 11.6 Å². The third-order valence-corrected chi connectivity index (χ3v) is 3.30. The molecule has 0 aromatic heterocycles. The van der Waals surface area contributed by atoms with Gasteiger partial charge in [-0.25, -0.2) is 8.78 Å². The summed E-state index contributed by atoms with van der Waals surface area (Å²) < 4.78 is 30.3. The Morgan fingerprint density at radius 1 is 1.43 bits per heavy atom. The number of hydrogen-bond donors (Lipinski definition) is 2. The van der Waals surface area contributed by atoms with Crippen LogP contribution < -0.4 is 10.2 Å². The van der Waals surface area contributed by atoms with Crippen molar-refractivity contribution >= 4 is 17.3 Å². The summed E-state index contributed by atoms with van der Waals surface area (Å²) in [5, 5.41) is 12.7. The van der Waals surface area contributed by atoms with E-state index < -0.39 is 13.0 Å². The van der Waals surface area contributed by atoms with Gasteiger partial charge in [0.25, 0.3) is 6.43 Å². The maximum atomic E-state index is 12.7. The Balaban J connectivity index is 2.89. The number of alkyl halides is 2. The van der Waals surface area contributed by atoms with Crippen molar-refractivity contribution in [1.29, 1.82) is 0 Å². The van der Waals surface area contributed by atoms with E-state index in [1.807, 2.05) is 0 Å². The summed E-state index contributed by atoms with van der Waals surface area (Å²) >= 11 is 6.18. The Kier molecular flexibility index (Phi) is 8.52. The summed E-state index contributed by atoms with van der Waals surface area (Å²) in [5.74, 6) is 0. The second-order valence-electron chi connectivity index (χ2n) is 4.47. The first-order valence-corrected chi connectivity index (χ1v) is 7.09. The average molecular weight is 323 g/mol. The fraction of sp³-hybridized carbons (Fsp3) is 0.571. The Morgan fingerprint density at radius 3 is 2.81 bits per heavy atom. The van der Waals surface area contributed by atoms with Gasteiger partial charge in [-0.2, -0.15) is 0 Å². The van der Waals surface area contributed by atoms with Gasteiger partial charge in [-0.3, -0.25) is 0 Å². The van der Waals surface area contributed by atoms with Crippen LogP contribution in [0, 0.1) is 0 Å². The molecular weight excluding hydrogens is 302 g/mol. The van der Waals surface area contributed by atoms with Crippen molar-refractivity contribution in [3.63, 3.8) is 0 Å². The molecule has 4 nitrogen and oxygen atoms in total. The van der Waals surface area contributed by atoms with Crippen LogP contribution in [0.15, 0.2) is 18.2 Å². The number of rotatable bonds is 10. The van der Waals surface area contributed by atoms with E-state index >= 15 is 0 Å². The van der Waals surface area contributed by atoms with Crippen molar-refractivity contribution in [2.24, 2.45) is 0 Å². The van der Waals surface area contributed by atoms with Gasteiger partial charge in [-0.1, -0.05) is 17.7 Å². The molecule has 0 aliphatic carbocycles. The van der Waals surface area contributed by atoms with E-state index in [1.165, 1.54) is 4.90 Å². The molecule has 0 aliphatic rings. The van der Waals surface area contributed by atoms with Gasteiger partial charge in [0.05, 0.1) is 19.8 Å². The molecule has 0 saturated heterocycles. The second-order valence-corrected chi connectivity index (χ2v) is 4.87. The summed E-state index contributed by atoms with van der Waals surface area (Å²) in [5.41, 5.74) is 1.35. The highest BCUT2D eigenvalue weighted by Crippen LogP contribution is 2.28. The Labute approximate surface area is 128 Å². The van der Waals surface area contributed by atoms with Gasteiger partial charge in [-0.05, 0) is 12.1 Å². The number of ether oxygens (including phenoxy) is 1. The van der Waals surface area contributed by atoms with Crippen molar-refractivity contribution in [1.82, 2.24) is 5.32 Å². The Bertz CT molecular complexity index is 422. The lowest BCUT2D eigenvalue weighted by Gasteiger charge is -2.26. The third-order valence-electron chi connectivity index (χ3n) is 2.95. The SMILES string of the molecule is COCCNCc1c(Cl)cccc1N(CCO)CC(F)F. The minimum Gasteiger partial charge on any atom is -0.395 e. The molecule has 1 rings (SSSR count). The molecule has 0 heterocycles. The minimum atomic E-state index is -2.48. The van der Waals surface area contributed by atoms with E-state index in [2.05, 4.69) is 5.32 Å². The molecule has 0 aliphatic heterocycles. The zero-order valence-corrected chi connectivity index (χ0v) is 12.7. The van der Waals surface area contributed by atoms with Crippen LogP contribution in [0.5, 0.6) is 0 Å². The first-order chi connectivity index (χ1) is 10.1. The first-order valence-electron chi connectivity index (χ1n) is 6.71. The summed E-state index contributed by atoms with van der Waals surface area (Å²) in [6, 6.07) is 5.17. The molecule has 2 N–H and O–H groups in total. The smallest absolute Gasteiger partial charge is 0.255 e. The van der Waals surface area contributed by atoms with E-state index in [9.17, 15) is 8.78 Å². The monoisotopic (exact) mass is 322 g/mol. The fourth-order valence-electron chi connectivity index (χ4n) is 2.00. The van der Waals surface area contributed by atoms with E-state index in [1.54, 1.807) is 25.3 Å². The molecule has 1 aromatic rings.